The first-order valence-electron chi connectivity index (χ1n) is 3.67. The maximum absolute atomic E-state index is 5.48. The van der Waals surface area contributed by atoms with Crippen LogP contribution in [0.2, 0.25) is 0 Å². The summed E-state index contributed by atoms with van der Waals surface area (Å²) in [5, 5.41) is 0.988. The van der Waals surface area contributed by atoms with Gasteiger partial charge in [-0.3, -0.25) is 0 Å². The van der Waals surface area contributed by atoms with Gasteiger partial charge in [0.2, 0.25) is 0 Å². The van der Waals surface area contributed by atoms with Gasteiger partial charge >= 0.3 is 0 Å². The number of aromatic nitrogens is 1. The Balaban J connectivity index is 2.08. The smallest absolute Gasteiger partial charge is 0.132 e. The zero-order chi connectivity index (χ0) is 8.39. The molecule has 2 heterocycles. The van der Waals surface area contributed by atoms with Crippen molar-refractivity contribution in [2.45, 2.75) is 6.10 Å². The Hall–Kier alpha value is 0.0300. The molecule has 0 radical (unpaired) electrons. The molecule has 12 heavy (non-hydrogen) atoms. The number of hydrogen-bond acceptors (Lipinski definition) is 4. The molecule has 5 heteroatoms. The van der Waals surface area contributed by atoms with Crippen LogP contribution in [0.5, 0.6) is 0 Å². The molecule has 0 saturated carbocycles. The van der Waals surface area contributed by atoms with E-state index in [1.807, 2.05) is 0 Å². The van der Waals surface area contributed by atoms with Gasteiger partial charge in [-0.15, -0.1) is 11.3 Å². The van der Waals surface area contributed by atoms with E-state index in [4.69, 9.17) is 9.47 Å². The van der Waals surface area contributed by atoms with Crippen LogP contribution in [0.3, 0.4) is 0 Å². The minimum atomic E-state index is 0.0371. The van der Waals surface area contributed by atoms with Crippen molar-refractivity contribution in [1.82, 2.24) is 4.98 Å². The largest absolute Gasteiger partial charge is 0.376 e. The van der Waals surface area contributed by atoms with Crippen molar-refractivity contribution in [2.75, 3.05) is 19.8 Å². The highest BCUT2D eigenvalue weighted by atomic mass is 79.9. The number of rotatable bonds is 1. The molecule has 0 bridgehead atoms. The molecule has 0 aliphatic carbocycles. The third-order valence-electron chi connectivity index (χ3n) is 1.59. The van der Waals surface area contributed by atoms with Gasteiger partial charge < -0.3 is 9.47 Å². The molecule has 1 fully saturated rings. The summed E-state index contributed by atoms with van der Waals surface area (Å²) < 4.78 is 11.8. The first kappa shape index (κ1) is 8.62. The standard InChI is InChI=1S/C7H8BrNO2S/c8-6-3-9-7(12-6)5-4-10-1-2-11-5/h3,5H,1-2,4H2. The second-order valence-electron chi connectivity index (χ2n) is 2.44. The van der Waals surface area contributed by atoms with Gasteiger partial charge in [0.25, 0.3) is 0 Å². The van der Waals surface area contributed by atoms with Crippen LogP contribution in [0.4, 0.5) is 0 Å². The van der Waals surface area contributed by atoms with Gasteiger partial charge in [-0.2, -0.15) is 0 Å². The fourth-order valence-corrected chi connectivity index (χ4v) is 2.32. The topological polar surface area (TPSA) is 31.4 Å². The van der Waals surface area contributed by atoms with Crippen molar-refractivity contribution in [1.29, 1.82) is 0 Å². The fourth-order valence-electron chi connectivity index (χ4n) is 1.05. The molecule has 1 atom stereocenters. The Morgan fingerprint density at radius 3 is 3.08 bits per heavy atom. The Labute approximate surface area is 82.8 Å². The molecule has 2 rings (SSSR count). The highest BCUT2D eigenvalue weighted by Crippen LogP contribution is 2.27. The summed E-state index contributed by atoms with van der Waals surface area (Å²) >= 11 is 4.95. The van der Waals surface area contributed by atoms with E-state index < -0.39 is 0 Å². The first-order valence-corrected chi connectivity index (χ1v) is 5.28. The SMILES string of the molecule is Brc1cnc(C2COCCO2)s1. The summed E-state index contributed by atoms with van der Waals surface area (Å²) in [5.41, 5.74) is 0. The van der Waals surface area contributed by atoms with E-state index in [9.17, 15) is 0 Å². The van der Waals surface area contributed by atoms with E-state index in [2.05, 4.69) is 20.9 Å². The van der Waals surface area contributed by atoms with Gasteiger partial charge in [0.05, 0.1) is 29.8 Å². The second kappa shape index (κ2) is 3.83. The molecular formula is C7H8BrNO2S. The molecule has 0 amide bonds. The van der Waals surface area contributed by atoms with Gasteiger partial charge in [-0.25, -0.2) is 4.98 Å². The third-order valence-corrected chi connectivity index (χ3v) is 3.15. The van der Waals surface area contributed by atoms with Crippen molar-refractivity contribution in [3.8, 4) is 0 Å². The molecule has 66 valence electrons. The lowest BCUT2D eigenvalue weighted by molar-refractivity contribution is -0.0901. The predicted octanol–water partition coefficient (Wildman–Crippen LogP) is 1.99. The zero-order valence-electron chi connectivity index (χ0n) is 6.33. The first-order chi connectivity index (χ1) is 5.86. The third kappa shape index (κ3) is 1.85. The molecule has 1 saturated heterocycles. The van der Waals surface area contributed by atoms with Crippen molar-refractivity contribution in [3.63, 3.8) is 0 Å². The Morgan fingerprint density at radius 1 is 1.58 bits per heavy atom. The van der Waals surface area contributed by atoms with Crippen LogP contribution in [-0.4, -0.2) is 24.8 Å². The molecule has 1 aromatic heterocycles. The Kier molecular flexibility index (Phi) is 2.75. The minimum absolute atomic E-state index is 0.0371. The van der Waals surface area contributed by atoms with Gasteiger partial charge in [0.1, 0.15) is 11.1 Å². The molecule has 1 aliphatic heterocycles. The van der Waals surface area contributed by atoms with Crippen LogP contribution in [0, 0.1) is 0 Å². The number of nitrogens with zero attached hydrogens (tertiary/aromatic N) is 1. The van der Waals surface area contributed by atoms with Crippen LogP contribution in [0.25, 0.3) is 0 Å². The lowest BCUT2D eigenvalue weighted by atomic mass is 10.4. The number of ether oxygens (including phenoxy) is 2. The highest BCUT2D eigenvalue weighted by molar-refractivity contribution is 9.11. The maximum atomic E-state index is 5.48. The molecule has 3 nitrogen and oxygen atoms in total. The fraction of sp³-hybridized carbons (Fsp3) is 0.571. The number of hydrogen-bond donors (Lipinski definition) is 0. The van der Waals surface area contributed by atoms with Crippen LogP contribution in [0.1, 0.15) is 11.1 Å². The highest BCUT2D eigenvalue weighted by Gasteiger charge is 2.19. The van der Waals surface area contributed by atoms with Crippen LogP contribution >= 0.6 is 27.3 Å². The van der Waals surface area contributed by atoms with E-state index in [1.54, 1.807) is 17.5 Å². The van der Waals surface area contributed by atoms with E-state index in [0.717, 1.165) is 8.79 Å². The molecule has 0 aromatic carbocycles. The monoisotopic (exact) mass is 249 g/mol. The average Bonchev–Trinajstić information content (AvgIpc) is 2.54. The summed E-state index contributed by atoms with van der Waals surface area (Å²) in [6.07, 6.45) is 1.83. The van der Waals surface area contributed by atoms with Gasteiger partial charge in [0.15, 0.2) is 0 Å². The normalized spacial score (nSPS) is 24.2. The second-order valence-corrected chi connectivity index (χ2v) is 4.88. The van der Waals surface area contributed by atoms with Gasteiger partial charge in [-0.05, 0) is 15.9 Å². The zero-order valence-corrected chi connectivity index (χ0v) is 8.73. The average molecular weight is 250 g/mol. The van der Waals surface area contributed by atoms with E-state index in [1.165, 1.54) is 0 Å². The Morgan fingerprint density at radius 2 is 2.50 bits per heavy atom. The minimum Gasteiger partial charge on any atom is -0.376 e. The van der Waals surface area contributed by atoms with Crippen molar-refractivity contribution >= 4 is 27.3 Å². The lowest BCUT2D eigenvalue weighted by Crippen LogP contribution is -2.21. The van der Waals surface area contributed by atoms with Crippen molar-refractivity contribution < 1.29 is 9.47 Å². The summed E-state index contributed by atoms with van der Waals surface area (Å²) in [7, 11) is 0. The lowest BCUT2D eigenvalue weighted by Gasteiger charge is -2.20. The number of halogens is 1. The van der Waals surface area contributed by atoms with Gasteiger partial charge in [0, 0.05) is 0 Å². The number of thiazole rings is 1. The van der Waals surface area contributed by atoms with Crippen LogP contribution in [0.15, 0.2) is 9.98 Å². The van der Waals surface area contributed by atoms with E-state index in [0.29, 0.717) is 19.8 Å². The van der Waals surface area contributed by atoms with E-state index in [-0.39, 0.29) is 6.10 Å². The molecule has 1 aliphatic rings. The van der Waals surface area contributed by atoms with Crippen LogP contribution in [-0.2, 0) is 9.47 Å². The van der Waals surface area contributed by atoms with Crippen LogP contribution < -0.4 is 0 Å². The van der Waals surface area contributed by atoms with Crippen molar-refractivity contribution in [2.24, 2.45) is 0 Å². The van der Waals surface area contributed by atoms with Gasteiger partial charge in [-0.1, -0.05) is 0 Å². The summed E-state index contributed by atoms with van der Waals surface area (Å²) in [4.78, 5) is 4.21. The Bertz CT molecular complexity index is 260. The maximum Gasteiger partial charge on any atom is 0.132 e. The van der Waals surface area contributed by atoms with Crippen molar-refractivity contribution in [3.05, 3.63) is 15.0 Å². The summed E-state index contributed by atoms with van der Waals surface area (Å²) in [6.45, 7) is 1.99. The predicted molar refractivity (Wildman–Crippen MR) is 49.3 cm³/mol. The molecule has 0 N–H and O–H groups in total. The molecule has 1 unspecified atom stereocenters. The quantitative estimate of drug-likeness (QED) is 0.763. The summed E-state index contributed by atoms with van der Waals surface area (Å²) in [6, 6.07) is 0. The molecule has 1 aromatic rings. The molecule has 0 spiro atoms. The molecular weight excluding hydrogens is 242 g/mol. The van der Waals surface area contributed by atoms with E-state index >= 15 is 0 Å². The summed E-state index contributed by atoms with van der Waals surface area (Å²) in [5.74, 6) is 0.